The minimum atomic E-state index is -0.791. The van der Waals surface area contributed by atoms with Crippen molar-refractivity contribution in [2.75, 3.05) is 19.6 Å². The Balaban J connectivity index is 4.11. The number of ketones is 1. The van der Waals surface area contributed by atoms with Crippen molar-refractivity contribution in [3.63, 3.8) is 0 Å². The van der Waals surface area contributed by atoms with Gasteiger partial charge in [-0.1, -0.05) is 0 Å². The maximum absolute atomic E-state index is 10.7. The first kappa shape index (κ1) is 9.36. The zero-order valence-corrected chi connectivity index (χ0v) is 7.03. The average Bonchev–Trinajstić information content (AvgIpc) is 1.85. The van der Waals surface area contributed by atoms with Crippen molar-refractivity contribution >= 4 is 27.6 Å². The molecule has 0 radical (unpaired) electrons. The van der Waals surface area contributed by atoms with Gasteiger partial charge in [0.1, 0.15) is 0 Å². The van der Waals surface area contributed by atoms with Gasteiger partial charge < -0.3 is 4.74 Å². The van der Waals surface area contributed by atoms with Gasteiger partial charge in [0.05, 0.1) is 7.11 Å². The molecule has 0 spiro atoms. The van der Waals surface area contributed by atoms with Gasteiger partial charge in [0.15, 0.2) is 0 Å². The standard InChI is InChI=1S/C6H10O3S/c1-9-6(8)5(7)4-10(2)3/h4H,1-3H3. The third kappa shape index (κ3) is 3.40. The summed E-state index contributed by atoms with van der Waals surface area (Å²) in [6, 6.07) is 0. The van der Waals surface area contributed by atoms with Crippen LogP contribution in [0.4, 0.5) is 0 Å². The summed E-state index contributed by atoms with van der Waals surface area (Å²) in [5.74, 6) is -1.35. The largest absolute Gasteiger partial charge is 0.463 e. The second-order valence-corrected chi connectivity index (χ2v) is 3.85. The molecule has 58 valence electrons. The highest BCUT2D eigenvalue weighted by Crippen LogP contribution is 1.94. The summed E-state index contributed by atoms with van der Waals surface area (Å²) in [6.45, 7) is 0. The number of rotatable bonds is 2. The monoisotopic (exact) mass is 162 g/mol. The molecule has 0 heterocycles. The molecule has 0 aromatic rings. The molecule has 0 amide bonds. The van der Waals surface area contributed by atoms with Crippen LogP contribution in [0.2, 0.25) is 0 Å². The fourth-order valence-electron chi connectivity index (χ4n) is 0.363. The summed E-state index contributed by atoms with van der Waals surface area (Å²) in [5, 5.41) is 1.35. The van der Waals surface area contributed by atoms with E-state index in [1.807, 2.05) is 12.5 Å². The molecule has 0 fully saturated rings. The minimum absolute atomic E-state index is 0.143. The molecule has 3 nitrogen and oxygen atoms in total. The predicted octanol–water partition coefficient (Wildman–Crippen LogP) is 0.0592. The summed E-state index contributed by atoms with van der Waals surface area (Å²) in [5.41, 5.74) is 0. The van der Waals surface area contributed by atoms with Crippen LogP contribution < -0.4 is 0 Å². The normalized spacial score (nSPS) is 9.20. The van der Waals surface area contributed by atoms with Gasteiger partial charge in [0.2, 0.25) is 0 Å². The summed E-state index contributed by atoms with van der Waals surface area (Å²) in [4.78, 5) is 21.1. The van der Waals surface area contributed by atoms with E-state index in [-0.39, 0.29) is 10.5 Å². The van der Waals surface area contributed by atoms with E-state index in [0.717, 1.165) is 0 Å². The molecule has 0 saturated heterocycles. The van der Waals surface area contributed by atoms with Crippen LogP contribution in [0.15, 0.2) is 0 Å². The van der Waals surface area contributed by atoms with Crippen LogP contribution in [0, 0.1) is 0 Å². The third-order valence-corrected chi connectivity index (χ3v) is 1.41. The van der Waals surface area contributed by atoms with Crippen LogP contribution >= 0.6 is 10.5 Å². The van der Waals surface area contributed by atoms with Gasteiger partial charge >= 0.3 is 5.97 Å². The first-order valence-corrected chi connectivity index (χ1v) is 4.72. The topological polar surface area (TPSA) is 43.4 Å². The van der Waals surface area contributed by atoms with Gasteiger partial charge in [-0.15, -0.1) is 0 Å². The minimum Gasteiger partial charge on any atom is -0.463 e. The van der Waals surface area contributed by atoms with Crippen molar-refractivity contribution in [1.82, 2.24) is 0 Å². The van der Waals surface area contributed by atoms with Gasteiger partial charge in [-0.2, -0.15) is 10.5 Å². The number of esters is 1. The van der Waals surface area contributed by atoms with E-state index >= 15 is 0 Å². The molecule has 0 aliphatic carbocycles. The van der Waals surface area contributed by atoms with Crippen molar-refractivity contribution in [1.29, 1.82) is 0 Å². The quantitative estimate of drug-likeness (QED) is 0.327. The van der Waals surface area contributed by atoms with E-state index in [1.54, 1.807) is 0 Å². The number of ether oxygens (including phenoxy) is 1. The van der Waals surface area contributed by atoms with E-state index in [0.29, 0.717) is 0 Å². The Morgan fingerprint density at radius 2 is 1.90 bits per heavy atom. The molecule has 0 N–H and O–H groups in total. The maximum atomic E-state index is 10.7. The lowest BCUT2D eigenvalue weighted by Crippen LogP contribution is -2.16. The lowest BCUT2D eigenvalue weighted by molar-refractivity contribution is -0.148. The molecule has 0 rings (SSSR count). The predicted molar refractivity (Wildman–Crippen MR) is 42.5 cm³/mol. The van der Waals surface area contributed by atoms with Crippen LogP contribution in [0.25, 0.3) is 0 Å². The van der Waals surface area contributed by atoms with Crippen LogP contribution in [0.1, 0.15) is 0 Å². The molecule has 0 bridgehead atoms. The Labute approximate surface area is 62.3 Å². The Bertz CT molecular complexity index is 179. The SMILES string of the molecule is COC(=O)C(=O)C=S(C)C. The lowest BCUT2D eigenvalue weighted by Gasteiger charge is -1.92. The Morgan fingerprint density at radius 1 is 1.40 bits per heavy atom. The van der Waals surface area contributed by atoms with Crippen LogP contribution in [-0.4, -0.2) is 36.7 Å². The number of carbonyl (C=O) groups excluding carboxylic acids is 2. The smallest absolute Gasteiger partial charge is 0.379 e. The summed E-state index contributed by atoms with van der Waals surface area (Å²) >= 11 is 0. The van der Waals surface area contributed by atoms with Crippen LogP contribution in [0.3, 0.4) is 0 Å². The Morgan fingerprint density at radius 3 is 2.20 bits per heavy atom. The summed E-state index contributed by atoms with van der Waals surface area (Å²) in [6.07, 6.45) is 3.70. The number of hydrogen-bond donors (Lipinski definition) is 0. The number of carbonyl (C=O) groups is 2. The van der Waals surface area contributed by atoms with Gasteiger partial charge in [-0.3, -0.25) is 4.79 Å². The summed E-state index contributed by atoms with van der Waals surface area (Å²) < 4.78 is 4.20. The van der Waals surface area contributed by atoms with E-state index in [9.17, 15) is 9.59 Å². The zero-order chi connectivity index (χ0) is 8.15. The first-order valence-electron chi connectivity index (χ1n) is 2.61. The fourth-order valence-corrected chi connectivity index (χ4v) is 0.887. The highest BCUT2D eigenvalue weighted by atomic mass is 32.2. The molecule has 4 heteroatoms. The molecule has 0 atom stereocenters. The Hall–Kier alpha value is -0.640. The zero-order valence-electron chi connectivity index (χ0n) is 6.21. The van der Waals surface area contributed by atoms with E-state index < -0.39 is 11.8 Å². The van der Waals surface area contributed by atoms with E-state index in [1.165, 1.54) is 12.5 Å². The molecular formula is C6H10O3S. The number of hydrogen-bond acceptors (Lipinski definition) is 3. The number of Topliss-reactive ketones (excluding diaryl/α,β-unsaturated/α-hetero) is 1. The van der Waals surface area contributed by atoms with Crippen LogP contribution in [-0.2, 0) is 14.3 Å². The molecule has 0 aromatic carbocycles. The third-order valence-electron chi connectivity index (χ3n) is 0.729. The van der Waals surface area contributed by atoms with Crippen molar-refractivity contribution in [3.05, 3.63) is 0 Å². The molecule has 0 unspecified atom stereocenters. The highest BCUT2D eigenvalue weighted by Gasteiger charge is 2.08. The van der Waals surface area contributed by atoms with Crippen LogP contribution in [0.5, 0.6) is 0 Å². The molecule has 0 saturated carbocycles. The second-order valence-electron chi connectivity index (χ2n) is 1.85. The van der Waals surface area contributed by atoms with Crippen molar-refractivity contribution < 1.29 is 14.3 Å². The van der Waals surface area contributed by atoms with Gasteiger partial charge in [-0.25, -0.2) is 4.79 Å². The van der Waals surface area contributed by atoms with Gasteiger partial charge in [0, 0.05) is 5.37 Å². The molecular weight excluding hydrogens is 152 g/mol. The highest BCUT2D eigenvalue weighted by molar-refractivity contribution is 8.14. The van der Waals surface area contributed by atoms with E-state index in [4.69, 9.17) is 0 Å². The van der Waals surface area contributed by atoms with Crippen molar-refractivity contribution in [2.24, 2.45) is 0 Å². The van der Waals surface area contributed by atoms with E-state index in [2.05, 4.69) is 4.74 Å². The number of methoxy groups -OCH3 is 1. The first-order chi connectivity index (χ1) is 4.57. The second kappa shape index (κ2) is 4.22. The lowest BCUT2D eigenvalue weighted by atomic mass is 10.5. The maximum Gasteiger partial charge on any atom is 0.379 e. The molecule has 0 aliphatic rings. The van der Waals surface area contributed by atoms with Gasteiger partial charge in [0.25, 0.3) is 5.78 Å². The molecule has 0 aliphatic heterocycles. The Kier molecular flexibility index (Phi) is 3.95. The average molecular weight is 162 g/mol. The van der Waals surface area contributed by atoms with Crippen molar-refractivity contribution in [2.45, 2.75) is 0 Å². The fraction of sp³-hybridized carbons (Fsp3) is 0.500. The van der Waals surface area contributed by atoms with Gasteiger partial charge in [-0.05, 0) is 12.5 Å². The van der Waals surface area contributed by atoms with Crippen molar-refractivity contribution in [3.8, 4) is 0 Å². The summed E-state index contributed by atoms with van der Waals surface area (Å²) in [7, 11) is 1.05. The molecule has 0 aromatic heterocycles. The molecule has 10 heavy (non-hydrogen) atoms.